The second-order valence-corrected chi connectivity index (χ2v) is 5.66. The van der Waals surface area contributed by atoms with Gasteiger partial charge in [-0.2, -0.15) is 0 Å². The molecule has 0 aromatic heterocycles. The number of nitrogens with two attached hydrogens (primary N) is 1. The van der Waals surface area contributed by atoms with Gasteiger partial charge < -0.3 is 10.5 Å². The lowest BCUT2D eigenvalue weighted by atomic mass is 10.1. The quantitative estimate of drug-likeness (QED) is 0.627. The standard InChI is InChI=1S/C9H20N2O3S/c10-5-3-6-11-15(12,13)8-9-4-1-2-7-14-9/h9,11H,1-8,10H2. The van der Waals surface area contributed by atoms with Crippen molar-refractivity contribution in [2.24, 2.45) is 5.73 Å². The predicted molar refractivity (Wildman–Crippen MR) is 59.1 cm³/mol. The molecule has 1 fully saturated rings. The first-order valence-corrected chi connectivity index (χ1v) is 7.08. The Morgan fingerprint density at radius 3 is 2.80 bits per heavy atom. The predicted octanol–water partition coefficient (Wildman–Crippen LogP) is -0.176. The van der Waals surface area contributed by atoms with E-state index in [2.05, 4.69) is 4.72 Å². The van der Waals surface area contributed by atoms with Crippen molar-refractivity contribution in [1.29, 1.82) is 0 Å². The highest BCUT2D eigenvalue weighted by Gasteiger charge is 2.21. The molecule has 0 aromatic rings. The molecule has 0 aliphatic carbocycles. The lowest BCUT2D eigenvalue weighted by Gasteiger charge is -2.22. The van der Waals surface area contributed by atoms with E-state index in [0.717, 1.165) is 19.3 Å². The van der Waals surface area contributed by atoms with Crippen LogP contribution in [0.3, 0.4) is 0 Å². The fourth-order valence-corrected chi connectivity index (χ4v) is 2.90. The molecule has 1 atom stereocenters. The number of ether oxygens (including phenoxy) is 1. The van der Waals surface area contributed by atoms with E-state index in [9.17, 15) is 8.42 Å². The minimum absolute atomic E-state index is 0.0809. The van der Waals surface area contributed by atoms with Gasteiger partial charge in [-0.05, 0) is 32.2 Å². The van der Waals surface area contributed by atoms with Gasteiger partial charge in [0.25, 0.3) is 0 Å². The third-order valence-electron chi connectivity index (χ3n) is 2.38. The van der Waals surface area contributed by atoms with Gasteiger partial charge >= 0.3 is 0 Å². The second kappa shape index (κ2) is 6.42. The Morgan fingerprint density at radius 2 is 2.20 bits per heavy atom. The Labute approximate surface area is 91.4 Å². The molecule has 0 aromatic carbocycles. The SMILES string of the molecule is NCCCNS(=O)(=O)CC1CCCCO1. The summed E-state index contributed by atoms with van der Waals surface area (Å²) in [6.45, 7) is 1.61. The third-order valence-corrected chi connectivity index (χ3v) is 3.84. The van der Waals surface area contributed by atoms with Gasteiger partial charge in [0.15, 0.2) is 0 Å². The molecular weight excluding hydrogens is 216 g/mol. The van der Waals surface area contributed by atoms with Crippen molar-refractivity contribution in [3.63, 3.8) is 0 Å². The molecule has 1 rings (SSSR count). The first kappa shape index (κ1) is 12.9. The molecule has 0 radical (unpaired) electrons. The highest BCUT2D eigenvalue weighted by molar-refractivity contribution is 7.89. The maximum Gasteiger partial charge on any atom is 0.214 e. The van der Waals surface area contributed by atoms with Crippen LogP contribution >= 0.6 is 0 Å². The molecule has 0 amide bonds. The molecule has 5 nitrogen and oxygen atoms in total. The van der Waals surface area contributed by atoms with Crippen molar-refractivity contribution in [3.05, 3.63) is 0 Å². The smallest absolute Gasteiger partial charge is 0.214 e. The van der Waals surface area contributed by atoms with Crippen LogP contribution in [-0.2, 0) is 14.8 Å². The van der Waals surface area contributed by atoms with Crippen LogP contribution in [0.15, 0.2) is 0 Å². The van der Waals surface area contributed by atoms with E-state index in [1.165, 1.54) is 0 Å². The first-order chi connectivity index (χ1) is 7.14. The van der Waals surface area contributed by atoms with Crippen molar-refractivity contribution < 1.29 is 13.2 Å². The number of hydrogen-bond acceptors (Lipinski definition) is 4. The van der Waals surface area contributed by atoms with Gasteiger partial charge in [0.05, 0.1) is 11.9 Å². The maximum atomic E-state index is 11.5. The molecule has 3 N–H and O–H groups in total. The number of hydrogen-bond donors (Lipinski definition) is 2. The van der Waals surface area contributed by atoms with Gasteiger partial charge in [-0.15, -0.1) is 0 Å². The van der Waals surface area contributed by atoms with Gasteiger partial charge in [0.2, 0.25) is 10.0 Å². The Morgan fingerprint density at radius 1 is 1.40 bits per heavy atom. The molecular formula is C9H20N2O3S. The number of sulfonamides is 1. The Kier molecular flexibility index (Phi) is 5.52. The maximum absolute atomic E-state index is 11.5. The molecule has 0 saturated carbocycles. The molecule has 1 aliphatic heterocycles. The van der Waals surface area contributed by atoms with Gasteiger partial charge in [-0.3, -0.25) is 0 Å². The third kappa shape index (κ3) is 5.46. The van der Waals surface area contributed by atoms with Crippen molar-refractivity contribution in [2.45, 2.75) is 31.8 Å². The largest absolute Gasteiger partial charge is 0.377 e. The average Bonchev–Trinajstić information content (AvgIpc) is 2.18. The van der Waals surface area contributed by atoms with Crippen LogP contribution in [0.2, 0.25) is 0 Å². The fourth-order valence-electron chi connectivity index (χ4n) is 1.57. The first-order valence-electron chi connectivity index (χ1n) is 5.43. The Hall–Kier alpha value is -0.170. The van der Waals surface area contributed by atoms with E-state index in [4.69, 9.17) is 10.5 Å². The van der Waals surface area contributed by atoms with Crippen LogP contribution in [0.1, 0.15) is 25.7 Å². The van der Waals surface area contributed by atoms with Crippen LogP contribution in [0, 0.1) is 0 Å². The van der Waals surface area contributed by atoms with E-state index in [1.54, 1.807) is 0 Å². The minimum atomic E-state index is -3.18. The van der Waals surface area contributed by atoms with Crippen molar-refractivity contribution >= 4 is 10.0 Å². The summed E-state index contributed by atoms with van der Waals surface area (Å²) in [6.07, 6.45) is 3.48. The summed E-state index contributed by atoms with van der Waals surface area (Å²) >= 11 is 0. The molecule has 90 valence electrons. The van der Waals surface area contributed by atoms with Crippen molar-refractivity contribution in [2.75, 3.05) is 25.4 Å². The molecule has 1 aliphatic rings. The minimum Gasteiger partial charge on any atom is -0.377 e. The van der Waals surface area contributed by atoms with Gasteiger partial charge in [-0.1, -0.05) is 0 Å². The molecule has 0 spiro atoms. The Balaban J connectivity index is 2.27. The zero-order valence-electron chi connectivity index (χ0n) is 8.94. The molecule has 15 heavy (non-hydrogen) atoms. The molecule has 1 heterocycles. The lowest BCUT2D eigenvalue weighted by molar-refractivity contribution is 0.0304. The zero-order chi connectivity index (χ0) is 11.1. The Bertz CT molecular complexity index is 261. The van der Waals surface area contributed by atoms with E-state index in [0.29, 0.717) is 26.1 Å². The molecule has 1 unspecified atom stereocenters. The molecule has 6 heteroatoms. The zero-order valence-corrected chi connectivity index (χ0v) is 9.76. The van der Waals surface area contributed by atoms with Crippen molar-refractivity contribution in [3.8, 4) is 0 Å². The summed E-state index contributed by atoms with van der Waals surface area (Å²) in [5.74, 6) is 0.0809. The summed E-state index contributed by atoms with van der Waals surface area (Å²) in [5, 5.41) is 0. The topological polar surface area (TPSA) is 81.4 Å². The van der Waals surface area contributed by atoms with E-state index >= 15 is 0 Å². The second-order valence-electron chi connectivity index (χ2n) is 3.81. The lowest BCUT2D eigenvalue weighted by Crippen LogP contribution is -2.35. The molecule has 1 saturated heterocycles. The number of nitrogens with one attached hydrogen (secondary N) is 1. The highest BCUT2D eigenvalue weighted by atomic mass is 32.2. The summed E-state index contributed by atoms with van der Waals surface area (Å²) in [6, 6.07) is 0. The van der Waals surface area contributed by atoms with Gasteiger partial charge in [0, 0.05) is 13.2 Å². The summed E-state index contributed by atoms with van der Waals surface area (Å²) in [5.41, 5.74) is 5.28. The van der Waals surface area contributed by atoms with Crippen LogP contribution in [0.25, 0.3) is 0 Å². The van der Waals surface area contributed by atoms with Crippen LogP contribution < -0.4 is 10.5 Å². The summed E-state index contributed by atoms with van der Waals surface area (Å²) < 4.78 is 31.0. The van der Waals surface area contributed by atoms with Crippen molar-refractivity contribution in [1.82, 2.24) is 4.72 Å². The monoisotopic (exact) mass is 236 g/mol. The van der Waals surface area contributed by atoms with E-state index in [1.807, 2.05) is 0 Å². The summed E-state index contributed by atoms with van der Waals surface area (Å²) in [4.78, 5) is 0. The summed E-state index contributed by atoms with van der Waals surface area (Å²) in [7, 11) is -3.18. The van der Waals surface area contributed by atoms with Crippen LogP contribution in [0.5, 0.6) is 0 Å². The average molecular weight is 236 g/mol. The van der Waals surface area contributed by atoms with E-state index in [-0.39, 0.29) is 11.9 Å². The highest BCUT2D eigenvalue weighted by Crippen LogP contribution is 2.13. The van der Waals surface area contributed by atoms with Crippen LogP contribution in [-0.4, -0.2) is 40.0 Å². The van der Waals surface area contributed by atoms with E-state index < -0.39 is 10.0 Å². The number of rotatable bonds is 6. The van der Waals surface area contributed by atoms with Gasteiger partial charge in [-0.25, -0.2) is 13.1 Å². The normalized spacial score (nSPS) is 22.9. The fraction of sp³-hybridized carbons (Fsp3) is 1.00. The molecule has 0 bridgehead atoms. The van der Waals surface area contributed by atoms with Gasteiger partial charge in [0.1, 0.15) is 0 Å². The van der Waals surface area contributed by atoms with Crippen LogP contribution in [0.4, 0.5) is 0 Å².